The zero-order chi connectivity index (χ0) is 17.7. The van der Waals surface area contributed by atoms with Gasteiger partial charge in [0.15, 0.2) is 5.78 Å². The molecule has 0 atom stereocenters. The van der Waals surface area contributed by atoms with Gasteiger partial charge in [0.2, 0.25) is 11.8 Å². The Balaban J connectivity index is 1.95. The van der Waals surface area contributed by atoms with Crippen molar-refractivity contribution in [3.63, 3.8) is 0 Å². The molecule has 0 saturated heterocycles. The Morgan fingerprint density at radius 3 is 2.60 bits per heavy atom. The first kappa shape index (κ1) is 15.1. The van der Waals surface area contributed by atoms with Crippen LogP contribution in [0.25, 0.3) is 21.9 Å². The average molecular weight is 334 g/mol. The molecule has 4 rings (SSSR count). The van der Waals surface area contributed by atoms with E-state index in [1.54, 1.807) is 54.2 Å². The molecule has 7 nitrogen and oxygen atoms in total. The van der Waals surface area contributed by atoms with Crippen LogP contribution in [0.2, 0.25) is 0 Å². The first-order valence-corrected chi connectivity index (χ1v) is 7.66. The van der Waals surface area contributed by atoms with Gasteiger partial charge < -0.3 is 5.11 Å². The van der Waals surface area contributed by atoms with Crippen molar-refractivity contribution in [2.45, 2.75) is 6.92 Å². The molecule has 0 fully saturated rings. The number of fused-ring (bicyclic) bond motifs is 2. The maximum atomic E-state index is 13.0. The third-order valence-corrected chi connectivity index (χ3v) is 4.26. The summed E-state index contributed by atoms with van der Waals surface area (Å²) >= 11 is 0. The second-order valence-electron chi connectivity index (χ2n) is 5.82. The number of hydrogen-bond acceptors (Lipinski definition) is 5. The lowest BCUT2D eigenvalue weighted by Crippen LogP contribution is -2.06. The number of aromatic nitrogens is 4. The van der Waals surface area contributed by atoms with Crippen molar-refractivity contribution in [1.82, 2.24) is 19.6 Å². The highest BCUT2D eigenvalue weighted by Crippen LogP contribution is 2.33. The first-order chi connectivity index (χ1) is 12.0. The van der Waals surface area contributed by atoms with Crippen LogP contribution in [0.4, 0.5) is 0 Å². The molecule has 0 saturated carbocycles. The van der Waals surface area contributed by atoms with Gasteiger partial charge in [-0.15, -0.1) is 5.10 Å². The van der Waals surface area contributed by atoms with Crippen molar-refractivity contribution in [2.75, 3.05) is 0 Å². The molecule has 0 bridgehead atoms. The Hall–Kier alpha value is -3.48. The molecule has 25 heavy (non-hydrogen) atoms. The fraction of sp³-hybridized carbons (Fsp3) is 0.111. The number of hydrogen-bond donors (Lipinski definition) is 1. The summed E-state index contributed by atoms with van der Waals surface area (Å²) in [6.45, 7) is 1.34. The van der Waals surface area contributed by atoms with E-state index in [2.05, 4.69) is 10.3 Å². The summed E-state index contributed by atoms with van der Waals surface area (Å²) in [6, 6.07) is 12.0. The molecule has 2 aromatic carbocycles. The van der Waals surface area contributed by atoms with Crippen molar-refractivity contribution >= 4 is 33.6 Å². The maximum absolute atomic E-state index is 13.0. The van der Waals surface area contributed by atoms with Crippen LogP contribution in [0.3, 0.4) is 0 Å². The monoisotopic (exact) mass is 334 g/mol. The largest absolute Gasteiger partial charge is 0.494 e. The summed E-state index contributed by atoms with van der Waals surface area (Å²) < 4.78 is 2.76. The summed E-state index contributed by atoms with van der Waals surface area (Å²) in [4.78, 5) is 24.9. The van der Waals surface area contributed by atoms with Crippen LogP contribution in [-0.2, 0) is 7.05 Å². The van der Waals surface area contributed by atoms with E-state index >= 15 is 0 Å². The minimum Gasteiger partial charge on any atom is -0.494 e. The van der Waals surface area contributed by atoms with Crippen molar-refractivity contribution in [3.8, 4) is 5.88 Å². The molecule has 124 valence electrons. The predicted molar refractivity (Wildman–Crippen MR) is 91.8 cm³/mol. The van der Waals surface area contributed by atoms with Gasteiger partial charge in [0.1, 0.15) is 5.52 Å². The lowest BCUT2D eigenvalue weighted by molar-refractivity contribution is 0.0933. The van der Waals surface area contributed by atoms with Crippen molar-refractivity contribution in [3.05, 3.63) is 53.6 Å². The highest BCUT2D eigenvalue weighted by atomic mass is 16.3. The van der Waals surface area contributed by atoms with E-state index < -0.39 is 0 Å². The summed E-state index contributed by atoms with van der Waals surface area (Å²) in [7, 11) is 1.77. The van der Waals surface area contributed by atoms with Crippen molar-refractivity contribution in [1.29, 1.82) is 0 Å². The predicted octanol–water partition coefficient (Wildman–Crippen LogP) is 2.52. The molecule has 0 spiro atoms. The molecule has 2 aromatic heterocycles. The smallest absolute Gasteiger partial charge is 0.230 e. The molecule has 7 heteroatoms. The van der Waals surface area contributed by atoms with Gasteiger partial charge in [-0.1, -0.05) is 23.4 Å². The lowest BCUT2D eigenvalue weighted by atomic mass is 10.0. The van der Waals surface area contributed by atoms with Crippen LogP contribution >= 0.6 is 0 Å². The molecule has 0 aliphatic heterocycles. The van der Waals surface area contributed by atoms with Crippen LogP contribution in [0.1, 0.15) is 27.6 Å². The third kappa shape index (κ3) is 2.13. The second kappa shape index (κ2) is 5.27. The molecule has 0 aliphatic rings. The SMILES string of the molecule is CC(=O)n1c(O)c(C(=O)c2ccc3c(c2)nnn3C)c2ccccc21. The number of nitrogens with zero attached hydrogens (tertiary/aromatic N) is 4. The van der Waals surface area contributed by atoms with Gasteiger partial charge in [0.25, 0.3) is 0 Å². The number of carbonyl (C=O) groups is 2. The van der Waals surface area contributed by atoms with Crippen LogP contribution in [0.15, 0.2) is 42.5 Å². The van der Waals surface area contributed by atoms with E-state index in [0.717, 1.165) is 10.1 Å². The minimum atomic E-state index is -0.374. The Kier molecular flexibility index (Phi) is 3.18. The lowest BCUT2D eigenvalue weighted by Gasteiger charge is -2.03. The minimum absolute atomic E-state index is 0.106. The topological polar surface area (TPSA) is 90.0 Å². The van der Waals surface area contributed by atoms with E-state index in [1.165, 1.54) is 6.92 Å². The van der Waals surface area contributed by atoms with Gasteiger partial charge in [0, 0.05) is 24.9 Å². The van der Waals surface area contributed by atoms with E-state index in [1.807, 2.05) is 0 Å². The Morgan fingerprint density at radius 1 is 1.08 bits per heavy atom. The molecular formula is C18H14N4O3. The zero-order valence-electron chi connectivity index (χ0n) is 13.6. The molecule has 1 N–H and O–H groups in total. The standard InChI is InChI=1S/C18H14N4O3/c1-10(23)22-14-6-4-3-5-12(14)16(18(22)25)17(24)11-7-8-15-13(9-11)19-20-21(15)2/h3-9,25H,1-2H3. The quantitative estimate of drug-likeness (QED) is 0.569. The fourth-order valence-electron chi connectivity index (χ4n) is 3.10. The van der Waals surface area contributed by atoms with Gasteiger partial charge in [-0.3, -0.25) is 14.2 Å². The van der Waals surface area contributed by atoms with Crippen LogP contribution in [0, 0.1) is 0 Å². The first-order valence-electron chi connectivity index (χ1n) is 7.66. The summed E-state index contributed by atoms with van der Waals surface area (Å²) in [5.74, 6) is -1.09. The number of aromatic hydroxyl groups is 1. The Bertz CT molecular complexity index is 1170. The summed E-state index contributed by atoms with van der Waals surface area (Å²) in [6.07, 6.45) is 0. The molecule has 0 aliphatic carbocycles. The van der Waals surface area contributed by atoms with E-state index in [9.17, 15) is 14.7 Å². The normalized spacial score (nSPS) is 11.3. The van der Waals surface area contributed by atoms with Gasteiger partial charge in [-0.2, -0.15) is 0 Å². The van der Waals surface area contributed by atoms with Crippen LogP contribution in [-0.4, -0.2) is 36.4 Å². The number of aryl methyl sites for hydroxylation is 1. The molecule has 0 unspecified atom stereocenters. The zero-order valence-corrected chi connectivity index (χ0v) is 13.6. The summed E-state index contributed by atoms with van der Waals surface area (Å²) in [5.41, 5.74) is 2.36. The Morgan fingerprint density at radius 2 is 1.84 bits per heavy atom. The number of rotatable bonds is 2. The van der Waals surface area contributed by atoms with E-state index in [0.29, 0.717) is 22.0 Å². The highest BCUT2D eigenvalue weighted by Gasteiger charge is 2.25. The maximum Gasteiger partial charge on any atom is 0.230 e. The van der Waals surface area contributed by atoms with E-state index in [-0.39, 0.29) is 23.1 Å². The van der Waals surface area contributed by atoms with Crippen LogP contribution in [0.5, 0.6) is 5.88 Å². The third-order valence-electron chi connectivity index (χ3n) is 4.26. The summed E-state index contributed by atoms with van der Waals surface area (Å²) in [5, 5.41) is 19.0. The van der Waals surface area contributed by atoms with Crippen LogP contribution < -0.4 is 0 Å². The van der Waals surface area contributed by atoms with Crippen molar-refractivity contribution < 1.29 is 14.7 Å². The molecule has 0 amide bonds. The molecule has 2 heterocycles. The highest BCUT2D eigenvalue weighted by molar-refractivity contribution is 6.20. The Labute approximate surface area is 142 Å². The molecule has 4 aromatic rings. The van der Waals surface area contributed by atoms with Gasteiger partial charge >= 0.3 is 0 Å². The van der Waals surface area contributed by atoms with Gasteiger partial charge in [-0.05, 0) is 24.3 Å². The number of carbonyl (C=O) groups excluding carboxylic acids is 2. The van der Waals surface area contributed by atoms with Crippen molar-refractivity contribution in [2.24, 2.45) is 7.05 Å². The van der Waals surface area contributed by atoms with Gasteiger partial charge in [0.05, 0.1) is 16.6 Å². The number of para-hydroxylation sites is 1. The number of benzene rings is 2. The average Bonchev–Trinajstić information content (AvgIpc) is 3.11. The van der Waals surface area contributed by atoms with E-state index in [4.69, 9.17) is 0 Å². The molecular weight excluding hydrogens is 320 g/mol. The second-order valence-corrected chi connectivity index (χ2v) is 5.82. The fourth-order valence-corrected chi connectivity index (χ4v) is 3.10. The van der Waals surface area contributed by atoms with Gasteiger partial charge in [-0.25, -0.2) is 4.68 Å². The number of ketones is 1. The molecule has 0 radical (unpaired) electrons.